The lowest BCUT2D eigenvalue weighted by atomic mass is 10.1. The first-order valence-corrected chi connectivity index (χ1v) is 8.20. The van der Waals surface area contributed by atoms with Crippen molar-refractivity contribution in [3.05, 3.63) is 42.0 Å². The lowest BCUT2D eigenvalue weighted by molar-refractivity contribution is -0.0368. The second kappa shape index (κ2) is 5.99. The molecular formula is C17H21N5O2. The van der Waals surface area contributed by atoms with Gasteiger partial charge in [0, 0.05) is 25.2 Å². The normalized spacial score (nSPS) is 24.2. The summed E-state index contributed by atoms with van der Waals surface area (Å²) in [6.45, 7) is 5.04. The molecule has 126 valence electrons. The van der Waals surface area contributed by atoms with Gasteiger partial charge < -0.3 is 9.64 Å². The van der Waals surface area contributed by atoms with Crippen LogP contribution in [0.1, 0.15) is 15.9 Å². The average molecular weight is 327 g/mol. The zero-order valence-corrected chi connectivity index (χ0v) is 13.9. The van der Waals surface area contributed by atoms with Gasteiger partial charge in [0.05, 0.1) is 24.4 Å². The number of ether oxygens (including phenoxy) is 1. The summed E-state index contributed by atoms with van der Waals surface area (Å²) in [4.78, 5) is 21.0. The molecule has 0 bridgehead atoms. The maximum Gasteiger partial charge on any atom is 0.254 e. The molecule has 1 aromatic carbocycles. The highest BCUT2D eigenvalue weighted by atomic mass is 16.5. The smallest absolute Gasteiger partial charge is 0.254 e. The molecule has 0 saturated carbocycles. The number of hydrogen-bond acceptors (Lipinski definition) is 5. The maximum atomic E-state index is 12.9. The third-order valence-electron chi connectivity index (χ3n) is 4.98. The number of benzene rings is 1. The third kappa shape index (κ3) is 2.59. The summed E-state index contributed by atoms with van der Waals surface area (Å²) in [5.74, 6) is 0.0645. The Kier molecular flexibility index (Phi) is 3.82. The highest BCUT2D eigenvalue weighted by molar-refractivity contribution is 5.95. The first-order valence-electron chi connectivity index (χ1n) is 8.20. The van der Waals surface area contributed by atoms with E-state index < -0.39 is 0 Å². The highest BCUT2D eigenvalue weighted by Crippen LogP contribution is 2.24. The zero-order chi connectivity index (χ0) is 16.7. The van der Waals surface area contributed by atoms with Crippen LogP contribution in [0.15, 0.2) is 30.9 Å². The van der Waals surface area contributed by atoms with Gasteiger partial charge in [-0.1, -0.05) is 0 Å². The first kappa shape index (κ1) is 15.3. The van der Waals surface area contributed by atoms with Crippen LogP contribution >= 0.6 is 0 Å². The third-order valence-corrected chi connectivity index (χ3v) is 4.98. The Morgan fingerprint density at radius 1 is 1.33 bits per heavy atom. The van der Waals surface area contributed by atoms with Gasteiger partial charge in [0.15, 0.2) is 0 Å². The predicted molar refractivity (Wildman–Crippen MR) is 88.2 cm³/mol. The molecule has 4 rings (SSSR count). The van der Waals surface area contributed by atoms with Crippen molar-refractivity contribution in [2.45, 2.75) is 19.1 Å². The van der Waals surface area contributed by atoms with Gasteiger partial charge in [-0.25, -0.2) is 9.67 Å². The number of amides is 1. The average Bonchev–Trinajstić information content (AvgIpc) is 3.24. The minimum absolute atomic E-state index is 0.0645. The monoisotopic (exact) mass is 327 g/mol. The fraction of sp³-hybridized carbons (Fsp3) is 0.471. The van der Waals surface area contributed by atoms with Gasteiger partial charge in [0.1, 0.15) is 12.7 Å². The highest BCUT2D eigenvalue weighted by Gasteiger charge is 2.40. The fourth-order valence-electron chi connectivity index (χ4n) is 3.58. The van der Waals surface area contributed by atoms with Gasteiger partial charge in [0.25, 0.3) is 5.91 Å². The number of likely N-dealkylation sites (tertiary alicyclic amines) is 1. The summed E-state index contributed by atoms with van der Waals surface area (Å²) in [6, 6.07) is 6.01. The van der Waals surface area contributed by atoms with Crippen molar-refractivity contribution in [3.63, 3.8) is 0 Å². The Hall–Kier alpha value is -2.25. The quantitative estimate of drug-likeness (QED) is 0.814. The molecule has 0 spiro atoms. The van der Waals surface area contributed by atoms with E-state index >= 15 is 0 Å². The summed E-state index contributed by atoms with van der Waals surface area (Å²) in [7, 11) is 2.10. The van der Waals surface area contributed by atoms with Crippen LogP contribution in [0.5, 0.6) is 0 Å². The minimum atomic E-state index is 0.0645. The number of carbonyl (C=O) groups excluding carboxylic acids is 1. The maximum absolute atomic E-state index is 12.9. The first-order chi connectivity index (χ1) is 11.6. The van der Waals surface area contributed by atoms with Crippen molar-refractivity contribution in [1.82, 2.24) is 24.6 Å². The van der Waals surface area contributed by atoms with E-state index in [0.717, 1.165) is 30.9 Å². The van der Waals surface area contributed by atoms with Gasteiger partial charge in [-0.2, -0.15) is 5.10 Å². The molecule has 2 fully saturated rings. The van der Waals surface area contributed by atoms with Crippen LogP contribution in [-0.2, 0) is 4.74 Å². The number of rotatable bonds is 2. The molecule has 2 aliphatic rings. The van der Waals surface area contributed by atoms with E-state index in [0.29, 0.717) is 18.2 Å². The van der Waals surface area contributed by atoms with Crippen molar-refractivity contribution in [2.24, 2.45) is 0 Å². The van der Waals surface area contributed by atoms with Crippen LogP contribution in [-0.4, -0.2) is 75.9 Å². The molecule has 1 amide bonds. The van der Waals surface area contributed by atoms with Crippen molar-refractivity contribution >= 4 is 5.91 Å². The van der Waals surface area contributed by atoms with E-state index in [4.69, 9.17) is 4.74 Å². The van der Waals surface area contributed by atoms with Crippen LogP contribution in [0, 0.1) is 6.92 Å². The molecule has 3 heterocycles. The van der Waals surface area contributed by atoms with Crippen molar-refractivity contribution in [2.75, 3.05) is 33.3 Å². The lowest BCUT2D eigenvalue weighted by Crippen LogP contribution is -2.48. The number of likely N-dealkylation sites (N-methyl/N-ethyl adjacent to an activating group) is 1. The number of nitrogens with zero attached hydrogens (tertiary/aromatic N) is 5. The number of aryl methyl sites for hydroxylation is 1. The molecule has 2 atom stereocenters. The van der Waals surface area contributed by atoms with Crippen molar-refractivity contribution in [3.8, 4) is 5.69 Å². The molecule has 0 aliphatic carbocycles. The van der Waals surface area contributed by atoms with Gasteiger partial charge in [0.2, 0.25) is 0 Å². The number of aromatic nitrogens is 3. The minimum Gasteiger partial charge on any atom is -0.373 e. The fourth-order valence-corrected chi connectivity index (χ4v) is 3.58. The molecule has 0 radical (unpaired) electrons. The topological polar surface area (TPSA) is 63.5 Å². The predicted octanol–water partition coefficient (Wildman–Crippen LogP) is 0.731. The van der Waals surface area contributed by atoms with Crippen LogP contribution in [0.4, 0.5) is 0 Å². The van der Waals surface area contributed by atoms with E-state index in [1.807, 2.05) is 30.0 Å². The molecule has 2 saturated heterocycles. The molecule has 1 aromatic heterocycles. The van der Waals surface area contributed by atoms with Crippen molar-refractivity contribution < 1.29 is 9.53 Å². The Labute approximate surface area is 140 Å². The zero-order valence-electron chi connectivity index (χ0n) is 13.9. The van der Waals surface area contributed by atoms with E-state index in [1.54, 1.807) is 11.0 Å². The standard InChI is InChI=1S/C17H21N5O2/c1-12-7-13(3-4-14(12)22-11-18-10-19-22)17(23)21-8-15-16(9-21)24-6-5-20(15)2/h3-4,7,10-11,15-16H,5-6,8-9H2,1-2H3/t15-,16+/m0/s1. The van der Waals surface area contributed by atoms with Gasteiger partial charge in [-0.15, -0.1) is 0 Å². The number of morpholine rings is 1. The second-order valence-corrected chi connectivity index (χ2v) is 6.51. The second-order valence-electron chi connectivity index (χ2n) is 6.51. The van der Waals surface area contributed by atoms with E-state index in [9.17, 15) is 4.79 Å². The van der Waals surface area contributed by atoms with Crippen LogP contribution in [0.2, 0.25) is 0 Å². The number of carbonyl (C=O) groups is 1. The molecule has 2 aliphatic heterocycles. The Morgan fingerprint density at radius 3 is 2.92 bits per heavy atom. The lowest BCUT2D eigenvalue weighted by Gasteiger charge is -2.33. The van der Waals surface area contributed by atoms with E-state index in [1.165, 1.54) is 6.33 Å². The number of fused-ring (bicyclic) bond motifs is 1. The Morgan fingerprint density at radius 2 is 2.21 bits per heavy atom. The van der Waals surface area contributed by atoms with Gasteiger partial charge in [-0.3, -0.25) is 9.69 Å². The summed E-state index contributed by atoms with van der Waals surface area (Å²) in [5, 5.41) is 4.14. The summed E-state index contributed by atoms with van der Waals surface area (Å²) in [5.41, 5.74) is 2.64. The summed E-state index contributed by atoms with van der Waals surface area (Å²) >= 11 is 0. The summed E-state index contributed by atoms with van der Waals surface area (Å²) in [6.07, 6.45) is 3.28. The largest absolute Gasteiger partial charge is 0.373 e. The van der Waals surface area contributed by atoms with Gasteiger partial charge in [-0.05, 0) is 37.7 Å². The number of hydrogen-bond donors (Lipinski definition) is 0. The van der Waals surface area contributed by atoms with Crippen molar-refractivity contribution in [1.29, 1.82) is 0 Å². The Balaban J connectivity index is 1.54. The van der Waals surface area contributed by atoms with E-state index in [-0.39, 0.29) is 12.0 Å². The molecular weight excluding hydrogens is 306 g/mol. The Bertz CT molecular complexity index is 745. The molecule has 7 nitrogen and oxygen atoms in total. The van der Waals surface area contributed by atoms with Crippen LogP contribution in [0.25, 0.3) is 5.69 Å². The molecule has 24 heavy (non-hydrogen) atoms. The molecule has 0 N–H and O–H groups in total. The molecule has 2 aromatic rings. The molecule has 0 unspecified atom stereocenters. The van der Waals surface area contributed by atoms with E-state index in [2.05, 4.69) is 22.0 Å². The SMILES string of the molecule is Cc1cc(C(=O)N2C[C@H]3OCCN(C)[C@H]3C2)ccc1-n1cncn1. The van der Waals surface area contributed by atoms with Crippen LogP contribution < -0.4 is 0 Å². The van der Waals surface area contributed by atoms with Gasteiger partial charge >= 0.3 is 0 Å². The summed E-state index contributed by atoms with van der Waals surface area (Å²) < 4.78 is 7.53. The molecule has 7 heteroatoms. The van der Waals surface area contributed by atoms with Crippen LogP contribution in [0.3, 0.4) is 0 Å².